The lowest BCUT2D eigenvalue weighted by Gasteiger charge is -2.25. The molecule has 1 aliphatic rings. The van der Waals surface area contributed by atoms with E-state index in [1.54, 1.807) is 25.1 Å². The smallest absolute Gasteiger partial charge is 0.351 e. The minimum absolute atomic E-state index is 0.0674. The van der Waals surface area contributed by atoms with Gasteiger partial charge in [-0.1, -0.05) is 12.1 Å². The van der Waals surface area contributed by atoms with E-state index in [9.17, 15) is 9.59 Å². The lowest BCUT2D eigenvalue weighted by atomic mass is 10.2. The molecule has 0 spiro atoms. The van der Waals surface area contributed by atoms with Gasteiger partial charge in [-0.25, -0.2) is 4.79 Å². The average molecular weight is 279 g/mol. The first-order valence-corrected chi connectivity index (χ1v) is 6.48. The average Bonchev–Trinajstić information content (AvgIpc) is 2.46. The topological polar surface area (TPSA) is 73.9 Å². The van der Waals surface area contributed by atoms with Gasteiger partial charge in [-0.2, -0.15) is 0 Å². The molecule has 1 heterocycles. The third kappa shape index (κ3) is 3.20. The van der Waals surface area contributed by atoms with Crippen LogP contribution in [0.25, 0.3) is 0 Å². The lowest BCUT2D eigenvalue weighted by molar-refractivity contribution is -0.163. The summed E-state index contributed by atoms with van der Waals surface area (Å²) in [7, 11) is 0. The summed E-state index contributed by atoms with van der Waals surface area (Å²) < 4.78 is 16.0. The van der Waals surface area contributed by atoms with Crippen molar-refractivity contribution in [3.05, 3.63) is 24.3 Å². The fraction of sp³-hybridized carbons (Fsp3) is 0.429. The van der Waals surface area contributed by atoms with Gasteiger partial charge in [0.1, 0.15) is 6.61 Å². The molecule has 0 bridgehead atoms. The van der Waals surface area contributed by atoms with E-state index >= 15 is 0 Å². The highest BCUT2D eigenvalue weighted by Crippen LogP contribution is 2.31. The third-order valence-electron chi connectivity index (χ3n) is 2.78. The van der Waals surface area contributed by atoms with Gasteiger partial charge in [-0.3, -0.25) is 4.79 Å². The fourth-order valence-electron chi connectivity index (χ4n) is 1.76. The second-order valence-electron chi connectivity index (χ2n) is 4.34. The molecule has 0 radical (unpaired) electrons. The zero-order valence-corrected chi connectivity index (χ0v) is 11.4. The van der Waals surface area contributed by atoms with Gasteiger partial charge >= 0.3 is 5.97 Å². The van der Waals surface area contributed by atoms with Gasteiger partial charge < -0.3 is 19.5 Å². The molecule has 1 N–H and O–H groups in total. The summed E-state index contributed by atoms with van der Waals surface area (Å²) >= 11 is 0. The highest BCUT2D eigenvalue weighted by molar-refractivity contribution is 5.84. The van der Waals surface area contributed by atoms with E-state index in [1.165, 1.54) is 6.92 Å². The number of fused-ring (bicyclic) bond motifs is 1. The van der Waals surface area contributed by atoms with Crippen LogP contribution in [0.3, 0.4) is 0 Å². The van der Waals surface area contributed by atoms with Crippen LogP contribution >= 0.6 is 0 Å². The normalized spacial score (nSPS) is 18.0. The summed E-state index contributed by atoms with van der Waals surface area (Å²) in [6.45, 7) is 3.86. The zero-order valence-electron chi connectivity index (χ0n) is 11.4. The molecule has 6 nitrogen and oxygen atoms in total. The summed E-state index contributed by atoms with van der Waals surface area (Å²) in [6, 6.07) is 7.07. The number of rotatable bonds is 4. The number of ether oxygens (including phenoxy) is 3. The number of nitrogens with one attached hydrogen (secondary N) is 1. The van der Waals surface area contributed by atoms with E-state index in [0.717, 1.165) is 0 Å². The van der Waals surface area contributed by atoms with Crippen molar-refractivity contribution in [2.75, 3.05) is 13.2 Å². The van der Waals surface area contributed by atoms with Crippen molar-refractivity contribution in [1.82, 2.24) is 5.32 Å². The highest BCUT2D eigenvalue weighted by atomic mass is 16.6. The molecule has 1 amide bonds. The Bertz CT molecular complexity index is 502. The van der Waals surface area contributed by atoms with Gasteiger partial charge in [0.25, 0.3) is 5.91 Å². The summed E-state index contributed by atoms with van der Waals surface area (Å²) in [4.78, 5) is 23.4. The molecule has 0 unspecified atom stereocenters. The number of benzene rings is 1. The Morgan fingerprint density at radius 3 is 2.80 bits per heavy atom. The molecule has 0 aliphatic carbocycles. The standard InChI is InChI=1S/C14H17NO5/c1-3-15-13(16)9(2)19-14(17)12-8-18-10-6-4-5-7-11(10)20-12/h4-7,9,12H,3,8H2,1-2H3,(H,15,16)/t9-,12-/m1/s1. The molecule has 0 fully saturated rings. The quantitative estimate of drug-likeness (QED) is 0.829. The molecule has 0 saturated heterocycles. The molecule has 2 atom stereocenters. The molecule has 1 aliphatic heterocycles. The summed E-state index contributed by atoms with van der Waals surface area (Å²) in [5.74, 6) is 0.135. The number of hydrogen-bond donors (Lipinski definition) is 1. The van der Waals surface area contributed by atoms with Crippen molar-refractivity contribution in [3.63, 3.8) is 0 Å². The van der Waals surface area contributed by atoms with Crippen LogP contribution < -0.4 is 14.8 Å². The molecule has 1 aromatic rings. The first-order valence-electron chi connectivity index (χ1n) is 6.48. The number of hydrogen-bond acceptors (Lipinski definition) is 5. The van der Waals surface area contributed by atoms with Gasteiger partial charge in [-0.05, 0) is 26.0 Å². The van der Waals surface area contributed by atoms with Crippen LogP contribution in [0.1, 0.15) is 13.8 Å². The monoisotopic (exact) mass is 279 g/mol. The van der Waals surface area contributed by atoms with Crippen molar-refractivity contribution >= 4 is 11.9 Å². The van der Waals surface area contributed by atoms with Crippen LogP contribution in [0.15, 0.2) is 24.3 Å². The summed E-state index contributed by atoms with van der Waals surface area (Å²) in [5, 5.41) is 2.58. The second kappa shape index (κ2) is 6.27. The number of esters is 1. The molecular weight excluding hydrogens is 262 g/mol. The first kappa shape index (κ1) is 14.2. The molecule has 20 heavy (non-hydrogen) atoms. The Morgan fingerprint density at radius 2 is 2.10 bits per heavy atom. The van der Waals surface area contributed by atoms with Gasteiger partial charge in [0.05, 0.1) is 0 Å². The lowest BCUT2D eigenvalue weighted by Crippen LogP contribution is -2.42. The summed E-state index contributed by atoms with van der Waals surface area (Å²) in [5.41, 5.74) is 0. The van der Waals surface area contributed by atoms with Crippen molar-refractivity contribution in [2.45, 2.75) is 26.1 Å². The number of amides is 1. The van der Waals surface area contributed by atoms with Gasteiger partial charge in [0.15, 0.2) is 17.6 Å². The number of carbonyl (C=O) groups is 2. The van der Waals surface area contributed by atoms with Crippen molar-refractivity contribution in [2.24, 2.45) is 0 Å². The number of para-hydroxylation sites is 2. The van der Waals surface area contributed by atoms with Crippen molar-refractivity contribution in [3.8, 4) is 11.5 Å². The van der Waals surface area contributed by atoms with E-state index in [-0.39, 0.29) is 12.5 Å². The maximum absolute atomic E-state index is 11.9. The molecule has 0 saturated carbocycles. The Labute approximate surface area is 117 Å². The van der Waals surface area contributed by atoms with Gasteiger partial charge in [0.2, 0.25) is 6.10 Å². The largest absolute Gasteiger partial charge is 0.485 e. The van der Waals surface area contributed by atoms with Crippen LogP contribution in [0.2, 0.25) is 0 Å². The maximum atomic E-state index is 11.9. The Morgan fingerprint density at radius 1 is 1.40 bits per heavy atom. The molecule has 2 rings (SSSR count). The Kier molecular flexibility index (Phi) is 4.45. The Balaban J connectivity index is 1.93. The molecule has 6 heteroatoms. The third-order valence-corrected chi connectivity index (χ3v) is 2.78. The molecule has 1 aromatic carbocycles. The highest BCUT2D eigenvalue weighted by Gasteiger charge is 2.30. The molecule has 108 valence electrons. The van der Waals surface area contributed by atoms with Gasteiger partial charge in [0, 0.05) is 6.54 Å². The van der Waals surface area contributed by atoms with Crippen LogP contribution in [0.4, 0.5) is 0 Å². The Hall–Kier alpha value is -2.24. The minimum atomic E-state index is -0.859. The maximum Gasteiger partial charge on any atom is 0.351 e. The van der Waals surface area contributed by atoms with Gasteiger partial charge in [-0.15, -0.1) is 0 Å². The SMILES string of the molecule is CCNC(=O)[C@@H](C)OC(=O)[C@H]1COc2ccccc2O1. The van der Waals surface area contributed by atoms with Crippen LogP contribution in [-0.4, -0.2) is 37.2 Å². The fourth-order valence-corrected chi connectivity index (χ4v) is 1.76. The number of carbonyl (C=O) groups excluding carboxylic acids is 2. The van der Waals surface area contributed by atoms with Crippen molar-refractivity contribution in [1.29, 1.82) is 0 Å². The van der Waals surface area contributed by atoms with E-state index in [4.69, 9.17) is 14.2 Å². The van der Waals surface area contributed by atoms with E-state index in [0.29, 0.717) is 18.0 Å². The van der Waals surface area contributed by atoms with Crippen LogP contribution in [-0.2, 0) is 14.3 Å². The first-order chi connectivity index (χ1) is 9.61. The molecular formula is C14H17NO5. The van der Waals surface area contributed by atoms with Crippen molar-refractivity contribution < 1.29 is 23.8 Å². The second-order valence-corrected chi connectivity index (χ2v) is 4.34. The van der Waals surface area contributed by atoms with Crippen LogP contribution in [0.5, 0.6) is 11.5 Å². The predicted octanol–water partition coefficient (Wildman–Crippen LogP) is 0.894. The summed E-state index contributed by atoms with van der Waals surface area (Å²) in [6.07, 6.45) is -1.72. The van der Waals surface area contributed by atoms with E-state index in [1.807, 2.05) is 6.07 Å². The number of likely N-dealkylation sites (N-methyl/N-ethyl adjacent to an activating group) is 1. The molecule has 0 aromatic heterocycles. The van der Waals surface area contributed by atoms with E-state index in [2.05, 4.69) is 5.32 Å². The predicted molar refractivity (Wildman–Crippen MR) is 70.6 cm³/mol. The van der Waals surface area contributed by atoms with E-state index < -0.39 is 18.2 Å². The zero-order chi connectivity index (χ0) is 14.5. The minimum Gasteiger partial charge on any atom is -0.485 e. The van der Waals surface area contributed by atoms with Crippen LogP contribution in [0, 0.1) is 0 Å².